The molecular formula is C19H23N3O4S. The van der Waals surface area contributed by atoms with Crippen LogP contribution in [0, 0.1) is 0 Å². The number of para-hydroxylation sites is 1. The lowest BCUT2D eigenvalue weighted by Gasteiger charge is -2.16. The zero-order chi connectivity index (χ0) is 19.4. The Morgan fingerprint density at radius 3 is 2.52 bits per heavy atom. The number of nitrogens with zero attached hydrogens (tertiary/aromatic N) is 2. The highest BCUT2D eigenvalue weighted by atomic mass is 32.2. The largest absolute Gasteiger partial charge is 0.324 e. The van der Waals surface area contributed by atoms with Crippen molar-refractivity contribution in [2.24, 2.45) is 0 Å². The van der Waals surface area contributed by atoms with Crippen molar-refractivity contribution in [3.8, 4) is 0 Å². The van der Waals surface area contributed by atoms with Gasteiger partial charge in [0.2, 0.25) is 15.9 Å². The van der Waals surface area contributed by atoms with E-state index in [9.17, 15) is 18.0 Å². The molecule has 0 bridgehead atoms. The van der Waals surface area contributed by atoms with Gasteiger partial charge in [0.05, 0.1) is 4.90 Å². The van der Waals surface area contributed by atoms with Crippen LogP contribution in [0.15, 0.2) is 52.3 Å². The van der Waals surface area contributed by atoms with Gasteiger partial charge < -0.3 is 9.88 Å². The predicted octanol–water partition coefficient (Wildman–Crippen LogP) is 1.83. The molecule has 0 radical (unpaired) electrons. The number of carbonyl (C=O) groups is 1. The second-order valence-corrected chi connectivity index (χ2v) is 8.44. The highest BCUT2D eigenvalue weighted by Gasteiger charge is 2.27. The van der Waals surface area contributed by atoms with Crippen LogP contribution in [0.3, 0.4) is 0 Å². The number of sulfonamides is 1. The number of nitrogens with one attached hydrogen (secondary N) is 1. The maximum Gasteiger partial charge on any atom is 0.251 e. The molecule has 0 atom stereocenters. The Labute approximate surface area is 158 Å². The molecule has 1 aliphatic rings. The Morgan fingerprint density at radius 1 is 1.11 bits per heavy atom. The Morgan fingerprint density at radius 2 is 1.81 bits per heavy atom. The van der Waals surface area contributed by atoms with E-state index in [0.717, 1.165) is 29.4 Å². The van der Waals surface area contributed by atoms with Crippen LogP contribution in [0.2, 0.25) is 0 Å². The fourth-order valence-electron chi connectivity index (χ4n) is 3.16. The van der Waals surface area contributed by atoms with Crippen LogP contribution >= 0.6 is 0 Å². The summed E-state index contributed by atoms with van der Waals surface area (Å²) in [5.41, 5.74) is 1.26. The minimum Gasteiger partial charge on any atom is -0.324 e. The van der Waals surface area contributed by atoms with Crippen molar-refractivity contribution in [3.05, 3.63) is 58.5 Å². The van der Waals surface area contributed by atoms with Crippen molar-refractivity contribution >= 4 is 21.6 Å². The van der Waals surface area contributed by atoms with Gasteiger partial charge >= 0.3 is 0 Å². The van der Waals surface area contributed by atoms with Gasteiger partial charge in [0.15, 0.2) is 0 Å². The van der Waals surface area contributed by atoms with Gasteiger partial charge in [0, 0.05) is 31.0 Å². The first-order chi connectivity index (χ1) is 12.9. The molecule has 3 rings (SSSR count). The Bertz CT molecular complexity index is 992. The summed E-state index contributed by atoms with van der Waals surface area (Å²) in [4.78, 5) is 24.5. The molecule has 0 saturated carbocycles. The molecule has 1 saturated heterocycles. The molecule has 1 fully saturated rings. The third-order valence-corrected chi connectivity index (χ3v) is 6.53. The maximum absolute atomic E-state index is 12.7. The Kier molecular flexibility index (Phi) is 5.76. The predicted molar refractivity (Wildman–Crippen MR) is 103 cm³/mol. The summed E-state index contributed by atoms with van der Waals surface area (Å²) in [6.07, 6.45) is 3.68. The molecule has 0 spiro atoms. The van der Waals surface area contributed by atoms with Crippen molar-refractivity contribution in [2.75, 3.05) is 18.4 Å². The van der Waals surface area contributed by atoms with E-state index in [1.807, 2.05) is 25.1 Å². The number of hydrogen-bond acceptors (Lipinski definition) is 4. The molecule has 7 nitrogen and oxygen atoms in total. The first-order valence-electron chi connectivity index (χ1n) is 9.00. The molecule has 1 aromatic carbocycles. The number of amides is 1. The highest BCUT2D eigenvalue weighted by molar-refractivity contribution is 7.89. The second kappa shape index (κ2) is 8.06. The van der Waals surface area contributed by atoms with Crippen LogP contribution in [0.1, 0.15) is 25.3 Å². The molecule has 0 aliphatic carbocycles. The summed E-state index contributed by atoms with van der Waals surface area (Å²) in [5, 5.41) is 2.79. The average molecular weight is 389 g/mol. The molecule has 1 N–H and O–H groups in total. The number of aromatic nitrogens is 1. The number of pyridine rings is 1. The first-order valence-corrected chi connectivity index (χ1v) is 10.4. The topological polar surface area (TPSA) is 88.5 Å². The number of carbonyl (C=O) groups excluding carboxylic acids is 1. The quantitative estimate of drug-likeness (QED) is 0.816. The molecule has 144 valence electrons. The van der Waals surface area contributed by atoms with Gasteiger partial charge in [-0.2, -0.15) is 4.31 Å². The van der Waals surface area contributed by atoms with Crippen molar-refractivity contribution in [3.63, 3.8) is 0 Å². The smallest absolute Gasteiger partial charge is 0.251 e. The molecule has 1 aromatic heterocycles. The van der Waals surface area contributed by atoms with Gasteiger partial charge in [-0.05, 0) is 37.0 Å². The van der Waals surface area contributed by atoms with Gasteiger partial charge in [0.1, 0.15) is 6.54 Å². The van der Waals surface area contributed by atoms with E-state index in [1.54, 1.807) is 6.07 Å². The second-order valence-electron chi connectivity index (χ2n) is 6.50. The Balaban J connectivity index is 1.80. The summed E-state index contributed by atoms with van der Waals surface area (Å²) in [6, 6.07) is 9.93. The fourth-order valence-corrected chi connectivity index (χ4v) is 4.70. The first kappa shape index (κ1) is 19.3. The monoisotopic (exact) mass is 389 g/mol. The minimum atomic E-state index is -3.64. The zero-order valence-electron chi connectivity index (χ0n) is 15.2. The normalized spacial score (nSPS) is 15.0. The van der Waals surface area contributed by atoms with E-state index < -0.39 is 15.6 Å². The Hall–Kier alpha value is -2.45. The number of anilines is 1. The molecular weight excluding hydrogens is 366 g/mol. The summed E-state index contributed by atoms with van der Waals surface area (Å²) < 4.78 is 27.9. The molecule has 2 heterocycles. The SMILES string of the molecule is CCc1ccccc1NC(=O)Cn1cc(S(=O)(=O)N2CCCC2)ccc1=O. The van der Waals surface area contributed by atoms with Gasteiger partial charge in [-0.1, -0.05) is 25.1 Å². The van der Waals surface area contributed by atoms with Crippen molar-refractivity contribution in [2.45, 2.75) is 37.6 Å². The fraction of sp³-hybridized carbons (Fsp3) is 0.368. The molecule has 1 aliphatic heterocycles. The van der Waals surface area contributed by atoms with E-state index in [2.05, 4.69) is 5.32 Å². The lowest BCUT2D eigenvalue weighted by molar-refractivity contribution is -0.116. The van der Waals surface area contributed by atoms with E-state index in [4.69, 9.17) is 0 Å². The molecule has 0 unspecified atom stereocenters. The molecule has 8 heteroatoms. The van der Waals surface area contributed by atoms with Gasteiger partial charge in [-0.15, -0.1) is 0 Å². The third kappa shape index (κ3) is 4.28. The van der Waals surface area contributed by atoms with Crippen LogP contribution in [0.5, 0.6) is 0 Å². The number of rotatable bonds is 6. The summed E-state index contributed by atoms with van der Waals surface area (Å²) in [6.45, 7) is 2.70. The lowest BCUT2D eigenvalue weighted by atomic mass is 10.1. The number of aryl methyl sites for hydroxylation is 1. The van der Waals surface area contributed by atoms with Gasteiger partial charge in [-0.25, -0.2) is 8.42 Å². The third-order valence-electron chi connectivity index (χ3n) is 4.65. The molecule has 1 amide bonds. The van der Waals surface area contributed by atoms with Gasteiger partial charge in [-0.3, -0.25) is 9.59 Å². The molecule has 27 heavy (non-hydrogen) atoms. The van der Waals surface area contributed by atoms with Crippen molar-refractivity contribution in [1.29, 1.82) is 0 Å². The van der Waals surface area contributed by atoms with Crippen LogP contribution in [-0.2, 0) is 27.8 Å². The van der Waals surface area contributed by atoms with E-state index in [-0.39, 0.29) is 17.3 Å². The average Bonchev–Trinajstić information content (AvgIpc) is 3.19. The van der Waals surface area contributed by atoms with Crippen LogP contribution in [0.25, 0.3) is 0 Å². The van der Waals surface area contributed by atoms with Crippen molar-refractivity contribution in [1.82, 2.24) is 8.87 Å². The van der Waals surface area contributed by atoms with E-state index in [1.165, 1.54) is 22.6 Å². The highest BCUT2D eigenvalue weighted by Crippen LogP contribution is 2.20. The lowest BCUT2D eigenvalue weighted by Crippen LogP contribution is -2.31. The number of benzene rings is 1. The zero-order valence-corrected chi connectivity index (χ0v) is 16.0. The van der Waals surface area contributed by atoms with Gasteiger partial charge in [0.25, 0.3) is 5.56 Å². The summed E-state index contributed by atoms with van der Waals surface area (Å²) in [5.74, 6) is -0.381. The van der Waals surface area contributed by atoms with Crippen molar-refractivity contribution < 1.29 is 13.2 Å². The molecule has 2 aromatic rings. The standard InChI is InChI=1S/C19H23N3O4S/c1-2-15-7-3-4-8-17(15)20-18(23)14-21-13-16(9-10-19(21)24)27(25,26)22-11-5-6-12-22/h3-4,7-10,13H,2,5-6,11-12,14H2,1H3,(H,20,23). The van der Waals surface area contributed by atoms with Crippen LogP contribution in [-0.4, -0.2) is 36.3 Å². The summed E-state index contributed by atoms with van der Waals surface area (Å²) >= 11 is 0. The minimum absolute atomic E-state index is 0.0331. The maximum atomic E-state index is 12.7. The van der Waals surface area contributed by atoms with Crippen LogP contribution in [0.4, 0.5) is 5.69 Å². The van der Waals surface area contributed by atoms with Crippen LogP contribution < -0.4 is 10.9 Å². The van der Waals surface area contributed by atoms with E-state index >= 15 is 0 Å². The van der Waals surface area contributed by atoms with E-state index in [0.29, 0.717) is 18.8 Å². The number of hydrogen-bond donors (Lipinski definition) is 1. The summed E-state index contributed by atoms with van der Waals surface area (Å²) in [7, 11) is -3.64.